The van der Waals surface area contributed by atoms with E-state index in [1.54, 1.807) is 31.4 Å². The van der Waals surface area contributed by atoms with Crippen LogP contribution in [-0.2, 0) is 6.54 Å². The second-order valence-electron chi connectivity index (χ2n) is 5.63. The van der Waals surface area contributed by atoms with Crippen LogP contribution in [-0.4, -0.2) is 22.0 Å². The van der Waals surface area contributed by atoms with Crippen molar-refractivity contribution < 1.29 is 9.66 Å². The highest BCUT2D eigenvalue weighted by molar-refractivity contribution is 6.36. The van der Waals surface area contributed by atoms with E-state index in [2.05, 4.69) is 20.6 Å². The van der Waals surface area contributed by atoms with Gasteiger partial charge in [-0.15, -0.1) is 0 Å². The molecule has 28 heavy (non-hydrogen) atoms. The fraction of sp³-hybridized carbons (Fsp3) is 0.111. The highest BCUT2D eigenvalue weighted by Gasteiger charge is 2.23. The quantitative estimate of drug-likeness (QED) is 0.407. The molecule has 0 radical (unpaired) electrons. The molecule has 0 saturated carbocycles. The average molecular weight is 420 g/mol. The number of nitrogens with zero attached hydrogens (tertiary/aromatic N) is 3. The highest BCUT2D eigenvalue weighted by Crippen LogP contribution is 2.34. The zero-order chi connectivity index (χ0) is 20.1. The number of halogens is 2. The van der Waals surface area contributed by atoms with E-state index in [1.165, 1.54) is 12.4 Å². The first-order valence-corrected chi connectivity index (χ1v) is 8.82. The lowest BCUT2D eigenvalue weighted by Gasteiger charge is -2.11. The van der Waals surface area contributed by atoms with Crippen LogP contribution in [0.3, 0.4) is 0 Å². The van der Waals surface area contributed by atoms with Crippen LogP contribution in [0.5, 0.6) is 5.75 Å². The van der Waals surface area contributed by atoms with E-state index < -0.39 is 4.92 Å². The van der Waals surface area contributed by atoms with Crippen LogP contribution < -0.4 is 15.4 Å². The molecule has 2 N–H and O–H groups in total. The summed E-state index contributed by atoms with van der Waals surface area (Å²) in [5.74, 6) is 0.827. The summed E-state index contributed by atoms with van der Waals surface area (Å²) in [5, 5.41) is 18.2. The topological polar surface area (TPSA) is 102 Å². The Kier molecular flexibility index (Phi) is 6.13. The number of rotatable bonds is 7. The third kappa shape index (κ3) is 4.59. The minimum Gasteiger partial charge on any atom is -0.497 e. The first-order chi connectivity index (χ1) is 13.5. The third-order valence-corrected chi connectivity index (χ3v) is 4.36. The van der Waals surface area contributed by atoms with Gasteiger partial charge in [-0.3, -0.25) is 10.1 Å². The summed E-state index contributed by atoms with van der Waals surface area (Å²) in [5.41, 5.74) is 1.06. The molecule has 0 amide bonds. The van der Waals surface area contributed by atoms with Crippen molar-refractivity contribution in [2.75, 3.05) is 17.7 Å². The Morgan fingerprint density at radius 3 is 2.46 bits per heavy atom. The zero-order valence-corrected chi connectivity index (χ0v) is 16.2. The van der Waals surface area contributed by atoms with Crippen molar-refractivity contribution in [3.05, 3.63) is 74.5 Å². The van der Waals surface area contributed by atoms with Crippen LogP contribution in [0.2, 0.25) is 10.0 Å². The van der Waals surface area contributed by atoms with Gasteiger partial charge in [0, 0.05) is 11.6 Å². The zero-order valence-electron chi connectivity index (χ0n) is 14.6. The van der Waals surface area contributed by atoms with Crippen LogP contribution in [0.15, 0.2) is 48.8 Å². The largest absolute Gasteiger partial charge is 0.497 e. The second-order valence-corrected chi connectivity index (χ2v) is 6.47. The molecule has 0 aliphatic carbocycles. The summed E-state index contributed by atoms with van der Waals surface area (Å²) in [6, 6.07) is 12.1. The predicted molar refractivity (Wildman–Crippen MR) is 109 cm³/mol. The molecule has 0 fully saturated rings. The van der Waals surface area contributed by atoms with E-state index in [-0.39, 0.29) is 17.3 Å². The number of nitro groups is 1. The van der Waals surface area contributed by atoms with Gasteiger partial charge in [-0.05, 0) is 35.9 Å². The average Bonchev–Trinajstić information content (AvgIpc) is 2.68. The number of anilines is 3. The number of hydrogen-bond acceptors (Lipinski definition) is 7. The molecule has 0 bridgehead atoms. The van der Waals surface area contributed by atoms with Gasteiger partial charge in [0.1, 0.15) is 12.1 Å². The molecule has 3 rings (SSSR count). The standard InChI is InChI=1S/C18H15Cl2N5O3/c1-28-13-5-2-11(3-6-13)9-21-17-16(25(26)27)18(23-10-22-17)24-15-7-4-12(19)8-14(15)20/h2-8,10H,9H2,1H3,(H2,21,22,23,24). The lowest BCUT2D eigenvalue weighted by Crippen LogP contribution is -2.08. The van der Waals surface area contributed by atoms with Crippen molar-refractivity contribution in [1.29, 1.82) is 0 Å². The number of hydrogen-bond donors (Lipinski definition) is 2. The molecule has 0 atom stereocenters. The summed E-state index contributed by atoms with van der Waals surface area (Å²) >= 11 is 12.0. The normalized spacial score (nSPS) is 10.4. The fourth-order valence-electron chi connectivity index (χ4n) is 2.42. The first kappa shape index (κ1) is 19.7. The first-order valence-electron chi connectivity index (χ1n) is 8.06. The van der Waals surface area contributed by atoms with Crippen molar-refractivity contribution in [2.45, 2.75) is 6.54 Å². The Balaban J connectivity index is 1.85. The van der Waals surface area contributed by atoms with Crippen molar-refractivity contribution in [3.8, 4) is 5.75 Å². The minimum atomic E-state index is -0.553. The van der Waals surface area contributed by atoms with E-state index >= 15 is 0 Å². The van der Waals surface area contributed by atoms with E-state index in [9.17, 15) is 10.1 Å². The number of aromatic nitrogens is 2. The second kappa shape index (κ2) is 8.73. The van der Waals surface area contributed by atoms with Crippen molar-refractivity contribution >= 4 is 46.2 Å². The van der Waals surface area contributed by atoms with Crippen LogP contribution in [0.1, 0.15) is 5.56 Å². The third-order valence-electron chi connectivity index (χ3n) is 3.81. The van der Waals surface area contributed by atoms with Crippen molar-refractivity contribution in [1.82, 2.24) is 9.97 Å². The maximum atomic E-state index is 11.6. The molecule has 144 valence electrons. The monoisotopic (exact) mass is 419 g/mol. The molecule has 3 aromatic rings. The van der Waals surface area contributed by atoms with E-state index in [1.807, 2.05) is 12.1 Å². The fourth-order valence-corrected chi connectivity index (χ4v) is 2.88. The maximum Gasteiger partial charge on any atom is 0.353 e. The van der Waals surface area contributed by atoms with Gasteiger partial charge in [0.2, 0.25) is 11.6 Å². The Hall–Kier alpha value is -3.10. The smallest absolute Gasteiger partial charge is 0.353 e. The van der Waals surface area contributed by atoms with Gasteiger partial charge >= 0.3 is 5.69 Å². The van der Waals surface area contributed by atoms with Gasteiger partial charge in [-0.2, -0.15) is 0 Å². The Morgan fingerprint density at radius 2 is 1.82 bits per heavy atom. The van der Waals surface area contributed by atoms with E-state index in [0.717, 1.165) is 11.3 Å². The van der Waals surface area contributed by atoms with Gasteiger partial charge in [-0.25, -0.2) is 9.97 Å². The van der Waals surface area contributed by atoms with Gasteiger partial charge in [0.25, 0.3) is 0 Å². The Bertz CT molecular complexity index is 999. The number of methoxy groups -OCH3 is 1. The Labute approximate surface area is 170 Å². The summed E-state index contributed by atoms with van der Waals surface area (Å²) in [7, 11) is 1.58. The van der Waals surface area contributed by atoms with Crippen LogP contribution in [0, 0.1) is 10.1 Å². The Morgan fingerprint density at radius 1 is 1.11 bits per heavy atom. The van der Waals surface area contributed by atoms with Gasteiger partial charge in [0.15, 0.2) is 0 Å². The molecule has 0 aliphatic heterocycles. The molecule has 10 heteroatoms. The number of nitrogens with one attached hydrogen (secondary N) is 2. The molecule has 2 aromatic carbocycles. The molecule has 0 aliphatic rings. The maximum absolute atomic E-state index is 11.6. The summed E-state index contributed by atoms with van der Waals surface area (Å²) in [6.45, 7) is 0.336. The van der Waals surface area contributed by atoms with Gasteiger partial charge < -0.3 is 15.4 Å². The summed E-state index contributed by atoms with van der Waals surface area (Å²) < 4.78 is 5.11. The molecular weight excluding hydrogens is 405 g/mol. The van der Waals surface area contributed by atoms with Gasteiger partial charge in [-0.1, -0.05) is 35.3 Å². The number of ether oxygens (including phenoxy) is 1. The van der Waals surface area contributed by atoms with Crippen LogP contribution in [0.4, 0.5) is 23.0 Å². The molecule has 0 spiro atoms. The number of benzene rings is 2. The SMILES string of the molecule is COc1ccc(CNc2ncnc(Nc3ccc(Cl)cc3Cl)c2[N+](=O)[O-])cc1. The summed E-state index contributed by atoms with van der Waals surface area (Å²) in [4.78, 5) is 19.1. The molecule has 8 nitrogen and oxygen atoms in total. The highest BCUT2D eigenvalue weighted by atomic mass is 35.5. The molecule has 1 aromatic heterocycles. The minimum absolute atomic E-state index is 0.0152. The summed E-state index contributed by atoms with van der Waals surface area (Å²) in [6.07, 6.45) is 1.23. The molecule has 1 heterocycles. The van der Waals surface area contributed by atoms with Crippen molar-refractivity contribution in [3.63, 3.8) is 0 Å². The van der Waals surface area contributed by atoms with Crippen molar-refractivity contribution in [2.24, 2.45) is 0 Å². The lowest BCUT2D eigenvalue weighted by atomic mass is 10.2. The van der Waals surface area contributed by atoms with E-state index in [0.29, 0.717) is 22.3 Å². The molecule has 0 unspecified atom stereocenters. The van der Waals surface area contributed by atoms with Crippen LogP contribution in [0.25, 0.3) is 0 Å². The van der Waals surface area contributed by atoms with E-state index in [4.69, 9.17) is 27.9 Å². The molecular formula is C18H15Cl2N5O3. The van der Waals surface area contributed by atoms with Crippen LogP contribution >= 0.6 is 23.2 Å². The lowest BCUT2D eigenvalue weighted by molar-refractivity contribution is -0.383. The van der Waals surface area contributed by atoms with Gasteiger partial charge in [0.05, 0.1) is 22.7 Å². The molecule has 0 saturated heterocycles. The predicted octanol–water partition coefficient (Wildman–Crippen LogP) is 5.06.